The number of ether oxygens (including phenoxy) is 1. The second kappa shape index (κ2) is 10.1. The molecular formula is C31H44N4O3. The summed E-state index contributed by atoms with van der Waals surface area (Å²) in [4.78, 5) is 34.5. The number of amides is 1. The number of hydrogen-bond acceptors (Lipinski definition) is 5. The van der Waals surface area contributed by atoms with E-state index in [0.29, 0.717) is 30.8 Å². The van der Waals surface area contributed by atoms with Gasteiger partial charge in [-0.25, -0.2) is 9.97 Å². The quantitative estimate of drug-likeness (QED) is 0.436. The molecule has 7 heteroatoms. The van der Waals surface area contributed by atoms with Crippen LogP contribution in [0.4, 0.5) is 0 Å². The van der Waals surface area contributed by atoms with Crippen molar-refractivity contribution in [2.24, 2.45) is 5.92 Å². The summed E-state index contributed by atoms with van der Waals surface area (Å²) in [5.41, 5.74) is 5.84. The fourth-order valence-electron chi connectivity index (χ4n) is 6.25. The van der Waals surface area contributed by atoms with E-state index < -0.39 is 0 Å². The van der Waals surface area contributed by atoms with Gasteiger partial charge in [0.25, 0.3) is 12.4 Å². The summed E-state index contributed by atoms with van der Waals surface area (Å²) in [6.07, 6.45) is 9.83. The Balaban J connectivity index is 1.55. The second-order valence-corrected chi connectivity index (χ2v) is 13.3. The highest BCUT2D eigenvalue weighted by molar-refractivity contribution is 5.97. The fraction of sp³-hybridized carbons (Fsp3) is 0.677. The molecule has 2 heterocycles. The molecule has 206 valence electrons. The zero-order chi connectivity index (χ0) is 27.2. The van der Waals surface area contributed by atoms with Gasteiger partial charge in [0.2, 0.25) is 0 Å². The summed E-state index contributed by atoms with van der Waals surface area (Å²) in [6.45, 7) is 14.5. The number of carbonyl (C=O) groups excluding carboxylic acids is 2. The number of hydrogen-bond donors (Lipinski definition) is 1. The predicted molar refractivity (Wildman–Crippen MR) is 148 cm³/mol. The average molecular weight is 521 g/mol. The molecule has 3 aliphatic rings. The van der Waals surface area contributed by atoms with E-state index in [-0.39, 0.29) is 28.9 Å². The monoisotopic (exact) mass is 520 g/mol. The van der Waals surface area contributed by atoms with Crippen LogP contribution in [-0.4, -0.2) is 39.1 Å². The zero-order valence-corrected chi connectivity index (χ0v) is 24.0. The maximum atomic E-state index is 13.5. The first-order valence-electron chi connectivity index (χ1n) is 14.5. The molecule has 38 heavy (non-hydrogen) atoms. The summed E-state index contributed by atoms with van der Waals surface area (Å²) in [6, 6.07) is 2.10. The topological polar surface area (TPSA) is 86.1 Å². The van der Waals surface area contributed by atoms with E-state index >= 15 is 0 Å². The van der Waals surface area contributed by atoms with Crippen molar-refractivity contribution in [3.05, 3.63) is 34.4 Å². The molecule has 3 saturated carbocycles. The van der Waals surface area contributed by atoms with Gasteiger partial charge in [0.1, 0.15) is 11.9 Å². The maximum Gasteiger partial charge on any atom is 0.293 e. The number of nitrogens with one attached hydrogen (secondary N) is 1. The molecule has 0 radical (unpaired) electrons. The molecular weight excluding hydrogens is 476 g/mol. The summed E-state index contributed by atoms with van der Waals surface area (Å²) in [7, 11) is 0. The molecule has 2 aromatic heterocycles. The van der Waals surface area contributed by atoms with E-state index in [1.807, 2.05) is 0 Å². The molecule has 0 saturated heterocycles. The molecule has 0 atom stereocenters. The first-order chi connectivity index (χ1) is 18.0. The lowest BCUT2D eigenvalue weighted by atomic mass is 9.87. The minimum atomic E-state index is -0.109. The molecule has 1 N–H and O–H groups in total. The lowest BCUT2D eigenvalue weighted by Crippen LogP contribution is -2.47. The Bertz CT molecular complexity index is 1210. The number of nitrogens with zero attached hydrogens (tertiary/aromatic N) is 3. The third-order valence-corrected chi connectivity index (χ3v) is 9.09. The van der Waals surface area contributed by atoms with Crippen molar-refractivity contribution < 1.29 is 14.3 Å². The van der Waals surface area contributed by atoms with Gasteiger partial charge in [0.05, 0.1) is 22.6 Å². The van der Waals surface area contributed by atoms with Crippen LogP contribution in [-0.2, 0) is 26.9 Å². The van der Waals surface area contributed by atoms with Crippen LogP contribution in [0.2, 0.25) is 0 Å². The van der Waals surface area contributed by atoms with E-state index in [1.165, 1.54) is 32.1 Å². The Morgan fingerprint density at radius 3 is 2.45 bits per heavy atom. The Kier molecular flexibility index (Phi) is 7.16. The van der Waals surface area contributed by atoms with Crippen LogP contribution >= 0.6 is 0 Å². The van der Waals surface area contributed by atoms with Gasteiger partial charge in [-0.15, -0.1) is 0 Å². The number of carbonyl (C=O) groups is 2. The van der Waals surface area contributed by atoms with E-state index in [4.69, 9.17) is 14.7 Å². The number of aromatic nitrogens is 3. The normalized spacial score (nSPS) is 23.0. The molecule has 0 spiro atoms. The Hall–Kier alpha value is -2.70. The summed E-state index contributed by atoms with van der Waals surface area (Å²) >= 11 is 0. The van der Waals surface area contributed by atoms with Gasteiger partial charge >= 0.3 is 0 Å². The van der Waals surface area contributed by atoms with E-state index in [1.54, 1.807) is 0 Å². The maximum absolute atomic E-state index is 13.5. The summed E-state index contributed by atoms with van der Waals surface area (Å²) in [5.74, 6) is 1.49. The minimum Gasteiger partial charge on any atom is -0.464 e. The van der Waals surface area contributed by atoms with Crippen LogP contribution in [0.5, 0.6) is 0 Å². The van der Waals surface area contributed by atoms with Crippen molar-refractivity contribution in [3.63, 3.8) is 0 Å². The third kappa shape index (κ3) is 5.26. The van der Waals surface area contributed by atoms with Crippen LogP contribution in [0.25, 0.3) is 11.4 Å². The van der Waals surface area contributed by atoms with E-state index in [9.17, 15) is 9.59 Å². The molecule has 7 nitrogen and oxygen atoms in total. The largest absolute Gasteiger partial charge is 0.464 e. The van der Waals surface area contributed by atoms with Crippen LogP contribution in [0, 0.1) is 19.8 Å². The lowest BCUT2D eigenvalue weighted by molar-refractivity contribution is -0.138. The minimum absolute atomic E-state index is 0.0340. The lowest BCUT2D eigenvalue weighted by Gasteiger charge is -2.34. The van der Waals surface area contributed by atoms with E-state index in [0.717, 1.165) is 53.5 Å². The van der Waals surface area contributed by atoms with Gasteiger partial charge in [-0.2, -0.15) is 0 Å². The first kappa shape index (κ1) is 26.9. The van der Waals surface area contributed by atoms with E-state index in [2.05, 4.69) is 57.5 Å². The molecule has 5 rings (SSSR count). The van der Waals surface area contributed by atoms with Crippen LogP contribution < -0.4 is 5.32 Å². The summed E-state index contributed by atoms with van der Waals surface area (Å²) < 4.78 is 7.40. The molecule has 1 amide bonds. The molecule has 0 aromatic carbocycles. The zero-order valence-electron chi connectivity index (χ0n) is 24.0. The van der Waals surface area contributed by atoms with Crippen molar-refractivity contribution in [3.8, 4) is 11.4 Å². The van der Waals surface area contributed by atoms with Crippen molar-refractivity contribution in [1.29, 1.82) is 0 Å². The molecule has 2 aromatic rings. The predicted octanol–water partition coefficient (Wildman–Crippen LogP) is 5.93. The standard InChI is InChI=1S/C31H44N4O3/c1-19-26(33-29(31(6)12-13-31)34-27(19)30(3,4)5)25-16-24(28(37)32-22-14-23(15-22)38-18-36)20(2)35(25)17-21-10-8-7-9-11-21/h16,18,21-23H,7-15,17H2,1-6H3,(H,32,37). The van der Waals surface area contributed by atoms with Crippen LogP contribution in [0.1, 0.15) is 119 Å². The Labute approximate surface area is 227 Å². The molecule has 0 unspecified atom stereocenters. The third-order valence-electron chi connectivity index (χ3n) is 9.09. The molecule has 3 fully saturated rings. The van der Waals surface area contributed by atoms with Gasteiger partial charge in [-0.3, -0.25) is 9.59 Å². The second-order valence-electron chi connectivity index (χ2n) is 13.3. The highest BCUT2D eigenvalue weighted by Gasteiger charge is 2.43. The highest BCUT2D eigenvalue weighted by atomic mass is 16.5. The van der Waals surface area contributed by atoms with Crippen molar-refractivity contribution >= 4 is 12.4 Å². The molecule has 3 aliphatic carbocycles. The van der Waals surface area contributed by atoms with Crippen molar-refractivity contribution in [1.82, 2.24) is 19.9 Å². The van der Waals surface area contributed by atoms with Crippen molar-refractivity contribution in [2.45, 2.75) is 129 Å². The van der Waals surface area contributed by atoms with Gasteiger partial charge in [-0.1, -0.05) is 47.0 Å². The van der Waals surface area contributed by atoms with Crippen LogP contribution in [0.15, 0.2) is 6.07 Å². The van der Waals surface area contributed by atoms with Gasteiger partial charge in [0, 0.05) is 42.0 Å². The van der Waals surface area contributed by atoms with Crippen LogP contribution in [0.3, 0.4) is 0 Å². The number of rotatable bonds is 8. The average Bonchev–Trinajstić information content (AvgIpc) is 3.52. The summed E-state index contributed by atoms with van der Waals surface area (Å²) in [5, 5.41) is 3.17. The first-order valence-corrected chi connectivity index (χ1v) is 14.5. The van der Waals surface area contributed by atoms with Gasteiger partial charge in [0.15, 0.2) is 0 Å². The molecule has 0 aliphatic heterocycles. The highest BCUT2D eigenvalue weighted by Crippen LogP contribution is 2.47. The Morgan fingerprint density at radius 2 is 1.84 bits per heavy atom. The SMILES string of the molecule is Cc1c(-c2cc(C(=O)NC3CC(OC=O)C3)c(C)n2CC2CCCCC2)nc(C2(C)CC2)nc1C(C)(C)C. The molecule has 0 bridgehead atoms. The fourth-order valence-corrected chi connectivity index (χ4v) is 6.25. The Morgan fingerprint density at radius 1 is 1.16 bits per heavy atom. The van der Waals surface area contributed by atoms with Crippen molar-refractivity contribution in [2.75, 3.05) is 0 Å². The van der Waals surface area contributed by atoms with Gasteiger partial charge in [-0.05, 0) is 57.1 Å². The smallest absolute Gasteiger partial charge is 0.293 e. The van der Waals surface area contributed by atoms with Gasteiger partial charge < -0.3 is 14.6 Å².